The summed E-state index contributed by atoms with van der Waals surface area (Å²) < 4.78 is 0. The number of hydrogen-bond acceptors (Lipinski definition) is 2. The number of benzene rings is 1. The monoisotopic (exact) mass is 288 g/mol. The van der Waals surface area contributed by atoms with Gasteiger partial charge in [0.25, 0.3) is 0 Å². The van der Waals surface area contributed by atoms with Gasteiger partial charge in [0.05, 0.1) is 0 Å². The maximum Gasteiger partial charge on any atom is 0.0380 e. The molecule has 1 aromatic carbocycles. The standard InChI is InChI=1S/C19H32N2/c1-14(2)11-16(13-21(5)6)20-18-17-10-8-7-9-15(17)12-19(18,3)4/h7-10,14,16,18,20H,11-13H2,1-6H3. The van der Waals surface area contributed by atoms with Crippen LogP contribution in [0.25, 0.3) is 0 Å². The lowest BCUT2D eigenvalue weighted by atomic mass is 9.84. The Labute approximate surface area is 130 Å². The van der Waals surface area contributed by atoms with Crippen molar-refractivity contribution >= 4 is 0 Å². The molecule has 0 spiro atoms. The van der Waals surface area contributed by atoms with Crippen LogP contribution in [0.4, 0.5) is 0 Å². The molecule has 1 N–H and O–H groups in total. The number of hydrogen-bond donors (Lipinski definition) is 1. The average molecular weight is 288 g/mol. The van der Waals surface area contributed by atoms with Gasteiger partial charge in [0.2, 0.25) is 0 Å². The van der Waals surface area contributed by atoms with Crippen LogP contribution < -0.4 is 5.32 Å². The highest BCUT2D eigenvalue weighted by Crippen LogP contribution is 2.45. The number of nitrogens with zero attached hydrogens (tertiary/aromatic N) is 1. The Morgan fingerprint density at radius 3 is 2.52 bits per heavy atom. The second-order valence-electron chi connectivity index (χ2n) is 8.05. The lowest BCUT2D eigenvalue weighted by molar-refractivity contribution is 0.212. The summed E-state index contributed by atoms with van der Waals surface area (Å²) in [5.74, 6) is 0.724. The van der Waals surface area contributed by atoms with Crippen molar-refractivity contribution in [2.45, 2.75) is 52.6 Å². The fraction of sp³-hybridized carbons (Fsp3) is 0.684. The molecule has 1 aliphatic carbocycles. The van der Waals surface area contributed by atoms with E-state index >= 15 is 0 Å². The van der Waals surface area contributed by atoms with Gasteiger partial charge < -0.3 is 10.2 Å². The molecule has 2 unspecified atom stereocenters. The summed E-state index contributed by atoms with van der Waals surface area (Å²) in [5, 5.41) is 3.98. The summed E-state index contributed by atoms with van der Waals surface area (Å²) in [6.07, 6.45) is 2.41. The number of rotatable bonds is 6. The van der Waals surface area contributed by atoms with E-state index in [0.29, 0.717) is 17.5 Å². The van der Waals surface area contributed by atoms with Crippen molar-refractivity contribution < 1.29 is 0 Å². The van der Waals surface area contributed by atoms with E-state index in [1.165, 1.54) is 24.0 Å². The Balaban J connectivity index is 2.18. The zero-order valence-corrected chi connectivity index (χ0v) is 14.6. The predicted molar refractivity (Wildman–Crippen MR) is 91.6 cm³/mol. The van der Waals surface area contributed by atoms with E-state index in [4.69, 9.17) is 0 Å². The lowest BCUT2D eigenvalue weighted by Crippen LogP contribution is -2.44. The molecule has 2 nitrogen and oxygen atoms in total. The number of nitrogens with one attached hydrogen (secondary N) is 1. The molecule has 0 fully saturated rings. The van der Waals surface area contributed by atoms with Crippen LogP contribution in [0.3, 0.4) is 0 Å². The molecular weight excluding hydrogens is 256 g/mol. The van der Waals surface area contributed by atoms with Gasteiger partial charge in [-0.2, -0.15) is 0 Å². The van der Waals surface area contributed by atoms with Gasteiger partial charge in [-0.05, 0) is 49.4 Å². The van der Waals surface area contributed by atoms with Gasteiger partial charge in [0.15, 0.2) is 0 Å². The van der Waals surface area contributed by atoms with Gasteiger partial charge >= 0.3 is 0 Å². The summed E-state index contributed by atoms with van der Waals surface area (Å²) in [6.45, 7) is 10.5. The molecule has 2 atom stereocenters. The maximum atomic E-state index is 3.98. The zero-order valence-electron chi connectivity index (χ0n) is 14.6. The summed E-state index contributed by atoms with van der Waals surface area (Å²) in [5.41, 5.74) is 3.33. The number of likely N-dealkylation sites (N-methyl/N-ethyl adjacent to an activating group) is 1. The van der Waals surface area contributed by atoms with Crippen LogP contribution in [-0.2, 0) is 6.42 Å². The van der Waals surface area contributed by atoms with E-state index in [1.54, 1.807) is 0 Å². The summed E-state index contributed by atoms with van der Waals surface area (Å²) in [6, 6.07) is 9.97. The van der Waals surface area contributed by atoms with E-state index in [9.17, 15) is 0 Å². The molecule has 0 aromatic heterocycles. The highest BCUT2D eigenvalue weighted by molar-refractivity contribution is 5.37. The third-order valence-electron chi connectivity index (χ3n) is 4.54. The van der Waals surface area contributed by atoms with Crippen LogP contribution in [-0.4, -0.2) is 31.6 Å². The Morgan fingerprint density at radius 2 is 1.90 bits per heavy atom. The van der Waals surface area contributed by atoms with Gasteiger partial charge in [-0.3, -0.25) is 0 Å². The first-order valence-corrected chi connectivity index (χ1v) is 8.28. The molecule has 0 radical (unpaired) electrons. The van der Waals surface area contributed by atoms with Gasteiger partial charge in [0, 0.05) is 18.6 Å². The van der Waals surface area contributed by atoms with Crippen molar-refractivity contribution in [1.29, 1.82) is 0 Å². The maximum absolute atomic E-state index is 3.98. The molecule has 0 heterocycles. The predicted octanol–water partition coefficient (Wildman–Crippen LogP) is 3.88. The van der Waals surface area contributed by atoms with Gasteiger partial charge in [-0.25, -0.2) is 0 Å². The van der Waals surface area contributed by atoms with Crippen LogP contribution in [0.1, 0.15) is 51.3 Å². The van der Waals surface area contributed by atoms with Crippen molar-refractivity contribution in [2.24, 2.45) is 11.3 Å². The van der Waals surface area contributed by atoms with Crippen LogP contribution in [0.2, 0.25) is 0 Å². The molecule has 0 bridgehead atoms. The van der Waals surface area contributed by atoms with Crippen molar-refractivity contribution in [3.63, 3.8) is 0 Å². The first-order valence-electron chi connectivity index (χ1n) is 8.28. The highest BCUT2D eigenvalue weighted by Gasteiger charge is 2.39. The van der Waals surface area contributed by atoms with Crippen LogP contribution >= 0.6 is 0 Å². The minimum Gasteiger partial charge on any atom is -0.308 e. The largest absolute Gasteiger partial charge is 0.308 e. The molecule has 2 heteroatoms. The lowest BCUT2D eigenvalue weighted by Gasteiger charge is -2.34. The van der Waals surface area contributed by atoms with Gasteiger partial charge in [-0.15, -0.1) is 0 Å². The first-order chi connectivity index (χ1) is 9.79. The zero-order chi connectivity index (χ0) is 15.6. The van der Waals surface area contributed by atoms with E-state index in [2.05, 4.69) is 76.3 Å². The third kappa shape index (κ3) is 4.08. The van der Waals surface area contributed by atoms with E-state index in [0.717, 1.165) is 12.5 Å². The van der Waals surface area contributed by atoms with Gasteiger partial charge in [0.1, 0.15) is 0 Å². The van der Waals surface area contributed by atoms with Crippen molar-refractivity contribution in [3.05, 3.63) is 35.4 Å². The van der Waals surface area contributed by atoms with E-state index < -0.39 is 0 Å². The molecular formula is C19H32N2. The molecule has 0 aliphatic heterocycles. The molecule has 1 aromatic rings. The minimum atomic E-state index is 0.297. The fourth-order valence-corrected chi connectivity index (χ4v) is 3.75. The van der Waals surface area contributed by atoms with Crippen LogP contribution in [0, 0.1) is 11.3 Å². The average Bonchev–Trinajstić information content (AvgIpc) is 2.59. The molecule has 1 aliphatic rings. The van der Waals surface area contributed by atoms with Gasteiger partial charge in [-0.1, -0.05) is 52.0 Å². The molecule has 118 valence electrons. The van der Waals surface area contributed by atoms with Crippen molar-refractivity contribution in [1.82, 2.24) is 10.2 Å². The molecule has 0 saturated heterocycles. The summed E-state index contributed by atoms with van der Waals surface area (Å²) in [4.78, 5) is 2.30. The molecule has 0 amide bonds. The van der Waals surface area contributed by atoms with Crippen LogP contribution in [0.15, 0.2) is 24.3 Å². The Bertz CT molecular complexity index is 452. The molecule has 21 heavy (non-hydrogen) atoms. The third-order valence-corrected chi connectivity index (χ3v) is 4.54. The second-order valence-corrected chi connectivity index (χ2v) is 8.05. The quantitative estimate of drug-likeness (QED) is 0.854. The van der Waals surface area contributed by atoms with Crippen LogP contribution in [0.5, 0.6) is 0 Å². The Morgan fingerprint density at radius 1 is 1.24 bits per heavy atom. The fourth-order valence-electron chi connectivity index (χ4n) is 3.75. The second kappa shape index (κ2) is 6.50. The van der Waals surface area contributed by atoms with E-state index in [1.807, 2.05) is 0 Å². The SMILES string of the molecule is CC(C)CC(CN(C)C)NC1c2ccccc2CC1(C)C. The minimum absolute atomic E-state index is 0.297. The molecule has 2 rings (SSSR count). The Kier molecular flexibility index (Phi) is 5.11. The topological polar surface area (TPSA) is 15.3 Å². The molecule has 0 saturated carbocycles. The number of fused-ring (bicyclic) bond motifs is 1. The van der Waals surface area contributed by atoms with E-state index in [-0.39, 0.29) is 0 Å². The normalized spacial score (nSPS) is 21.8. The highest BCUT2D eigenvalue weighted by atomic mass is 15.1. The Hall–Kier alpha value is -0.860. The smallest absolute Gasteiger partial charge is 0.0380 e. The van der Waals surface area contributed by atoms with Crippen molar-refractivity contribution in [3.8, 4) is 0 Å². The summed E-state index contributed by atoms with van der Waals surface area (Å²) >= 11 is 0. The summed E-state index contributed by atoms with van der Waals surface area (Å²) in [7, 11) is 4.34. The van der Waals surface area contributed by atoms with Crippen molar-refractivity contribution in [2.75, 3.05) is 20.6 Å². The first kappa shape index (κ1) is 16.5.